The van der Waals surface area contributed by atoms with Crippen molar-refractivity contribution in [2.45, 2.75) is 38.5 Å². The molecule has 80 heavy (non-hydrogen) atoms. The van der Waals surface area contributed by atoms with Gasteiger partial charge in [-0.15, -0.1) is 0 Å². The fourth-order valence-corrected chi connectivity index (χ4v) is 14.3. The summed E-state index contributed by atoms with van der Waals surface area (Å²) >= 11 is 0. The molecule has 2 aliphatic rings. The van der Waals surface area contributed by atoms with Gasteiger partial charge in [-0.2, -0.15) is 0 Å². The van der Waals surface area contributed by atoms with Gasteiger partial charge in [0.05, 0.1) is 67.2 Å². The van der Waals surface area contributed by atoms with Crippen LogP contribution in [0.25, 0.3) is 98.6 Å². The Morgan fingerprint density at radius 3 is 0.925 bits per heavy atom. The van der Waals surface area contributed by atoms with Crippen LogP contribution in [0, 0.1) is 0 Å². The molecule has 6 nitrogen and oxygen atoms in total. The van der Waals surface area contributed by atoms with Gasteiger partial charge in [0.15, 0.2) is 0 Å². The summed E-state index contributed by atoms with van der Waals surface area (Å²) in [6.07, 6.45) is 0. The highest BCUT2D eigenvalue weighted by atomic mass is 15.2. The Morgan fingerprint density at radius 1 is 0.250 bits per heavy atom. The minimum Gasteiger partial charge on any atom is -0.310 e. The summed E-state index contributed by atoms with van der Waals surface area (Å²) in [6, 6.07) is 89.2. The van der Waals surface area contributed by atoms with Crippen LogP contribution in [0.1, 0.15) is 49.9 Å². The number of nitrogens with zero attached hydrogens (tertiary/aromatic N) is 6. The van der Waals surface area contributed by atoms with Crippen LogP contribution in [-0.4, -0.2) is 19.1 Å². The predicted molar refractivity (Wildman–Crippen MR) is 334 cm³/mol. The highest BCUT2D eigenvalue weighted by Crippen LogP contribution is 2.54. The fourth-order valence-electron chi connectivity index (χ4n) is 14.3. The number of hydrogen-bond donors (Lipinski definition) is 0. The molecule has 5 heterocycles. The van der Waals surface area contributed by atoms with Crippen molar-refractivity contribution >= 4 is 121 Å². The summed E-state index contributed by atoms with van der Waals surface area (Å²) in [5, 5.41) is 9.17. The van der Waals surface area contributed by atoms with Crippen LogP contribution in [0.5, 0.6) is 0 Å². The van der Waals surface area contributed by atoms with E-state index in [2.05, 4.69) is 289 Å². The third-order valence-electron chi connectivity index (χ3n) is 18.0. The lowest BCUT2D eigenvalue weighted by atomic mass is 9.73. The first-order chi connectivity index (χ1) is 39.2. The third kappa shape index (κ3) is 6.02. The maximum absolute atomic E-state index is 5.93. The van der Waals surface area contributed by atoms with Crippen molar-refractivity contribution < 1.29 is 0 Å². The Bertz CT molecular complexity index is 4750. The lowest BCUT2D eigenvalue weighted by Crippen LogP contribution is -2.30. The van der Waals surface area contributed by atoms with E-state index in [1.54, 1.807) is 0 Å². The molecule has 6 heteroatoms. The van der Waals surface area contributed by atoms with Crippen molar-refractivity contribution in [3.8, 4) is 11.4 Å². The van der Waals surface area contributed by atoms with Crippen LogP contribution in [0.3, 0.4) is 0 Å². The third-order valence-corrected chi connectivity index (χ3v) is 18.0. The second kappa shape index (κ2) is 16.3. The normalized spacial score (nSPS) is 14.4. The number of hydrogen-bond acceptors (Lipinski definition) is 4. The van der Waals surface area contributed by atoms with Gasteiger partial charge in [-0.05, 0) is 118 Å². The summed E-state index contributed by atoms with van der Waals surface area (Å²) in [5.74, 6) is 0. The van der Waals surface area contributed by atoms with E-state index < -0.39 is 0 Å². The average molecular weight is 1030 g/mol. The quantitative estimate of drug-likeness (QED) is 0.130. The Hall–Kier alpha value is -10.0. The Balaban J connectivity index is 0.934. The van der Waals surface area contributed by atoms with Crippen molar-refractivity contribution in [3.05, 3.63) is 265 Å². The van der Waals surface area contributed by atoms with Gasteiger partial charge in [0, 0.05) is 54.5 Å². The zero-order chi connectivity index (χ0) is 53.2. The van der Waals surface area contributed by atoms with Crippen molar-refractivity contribution in [2.75, 3.05) is 9.80 Å². The summed E-state index contributed by atoms with van der Waals surface area (Å²) in [6.45, 7) is 9.38. The molecule has 17 rings (SSSR count). The Labute approximate surface area is 462 Å². The molecule has 3 aromatic heterocycles. The van der Waals surface area contributed by atoms with E-state index in [1.807, 2.05) is 0 Å². The van der Waals surface area contributed by atoms with Crippen molar-refractivity contribution in [1.82, 2.24) is 19.1 Å². The Morgan fingerprint density at radius 2 is 0.550 bits per heavy atom. The van der Waals surface area contributed by atoms with E-state index in [9.17, 15) is 0 Å². The monoisotopic (exact) mass is 1020 g/mol. The number of anilines is 6. The van der Waals surface area contributed by atoms with E-state index in [0.29, 0.717) is 0 Å². The first kappa shape index (κ1) is 45.0. The molecule has 0 unspecified atom stereocenters. The Kier molecular flexibility index (Phi) is 9.15. The maximum atomic E-state index is 5.93. The van der Waals surface area contributed by atoms with E-state index in [0.717, 1.165) is 88.4 Å². The summed E-state index contributed by atoms with van der Waals surface area (Å²) < 4.78 is 4.86. The van der Waals surface area contributed by atoms with Crippen LogP contribution < -0.4 is 9.80 Å². The summed E-state index contributed by atoms with van der Waals surface area (Å²) in [4.78, 5) is 16.8. The van der Waals surface area contributed by atoms with Crippen molar-refractivity contribution in [1.29, 1.82) is 0 Å². The molecule has 0 amide bonds. The zero-order valence-electron chi connectivity index (χ0n) is 44.8. The predicted octanol–water partition coefficient (Wildman–Crippen LogP) is 19.5. The highest BCUT2D eigenvalue weighted by molar-refractivity contribution is 6.25. The zero-order valence-corrected chi connectivity index (χ0v) is 44.8. The van der Waals surface area contributed by atoms with E-state index in [4.69, 9.17) is 9.97 Å². The molecular weight excluding hydrogens is 973 g/mol. The van der Waals surface area contributed by atoms with E-state index in [-0.39, 0.29) is 10.8 Å². The van der Waals surface area contributed by atoms with Crippen LogP contribution in [-0.2, 0) is 10.8 Å². The maximum Gasteiger partial charge on any atom is 0.116 e. The number of aromatic nitrogens is 4. The minimum absolute atomic E-state index is 0.160. The van der Waals surface area contributed by atoms with E-state index >= 15 is 0 Å². The molecule has 15 aromatic rings. The van der Waals surface area contributed by atoms with Gasteiger partial charge in [0.1, 0.15) is 11.0 Å². The van der Waals surface area contributed by atoms with Gasteiger partial charge in [0.2, 0.25) is 0 Å². The molecule has 12 aromatic carbocycles. The first-order valence-corrected chi connectivity index (χ1v) is 27.8. The fraction of sp³-hybridized carbons (Fsp3) is 0.0811. The second-order valence-electron chi connectivity index (χ2n) is 22.9. The van der Waals surface area contributed by atoms with Gasteiger partial charge >= 0.3 is 0 Å². The van der Waals surface area contributed by atoms with Crippen LogP contribution in [0.15, 0.2) is 243 Å². The summed E-state index contributed by atoms with van der Waals surface area (Å²) in [5.41, 5.74) is 21.7. The number of fused-ring (bicyclic) bond motifs is 17. The summed E-state index contributed by atoms with van der Waals surface area (Å²) in [7, 11) is 0. The van der Waals surface area contributed by atoms with Crippen molar-refractivity contribution in [3.63, 3.8) is 0 Å². The van der Waals surface area contributed by atoms with Gasteiger partial charge in [-0.25, -0.2) is 9.97 Å². The minimum atomic E-state index is -0.160. The van der Waals surface area contributed by atoms with Gasteiger partial charge in [-0.1, -0.05) is 185 Å². The van der Waals surface area contributed by atoms with E-state index in [1.165, 1.54) is 66.5 Å². The average Bonchev–Trinajstić information content (AvgIpc) is 4.18. The SMILES string of the molecule is CC1(C)c2ccccc2N(c2ccc3c(c2)c2ccccc2n3-c2ccc(-n3c4ccccc4c4cc(N5c6ccccc6C(C)(C)c6ccccc65)ccc43)c3nc4c5ccccc5c5ccccc5c4nc23)c2ccccc21. The number of rotatable bonds is 4. The van der Waals surface area contributed by atoms with Crippen LogP contribution >= 0.6 is 0 Å². The lowest BCUT2D eigenvalue weighted by Gasteiger charge is -2.42. The largest absolute Gasteiger partial charge is 0.310 e. The highest BCUT2D eigenvalue weighted by Gasteiger charge is 2.38. The van der Waals surface area contributed by atoms with Crippen LogP contribution in [0.4, 0.5) is 34.1 Å². The lowest BCUT2D eigenvalue weighted by molar-refractivity contribution is 0.632. The second-order valence-corrected chi connectivity index (χ2v) is 22.9. The topological polar surface area (TPSA) is 42.1 Å². The molecule has 0 bridgehead atoms. The molecule has 0 spiro atoms. The standard InChI is InChI=1S/C74H52N6/c1-73(2)55-27-11-17-33-63(55)77(64-34-18-12-28-56(64)73)45-37-39-61-53(43-45)49-23-9-15-31-59(49)79(61)67-41-42-68(72-71(67)75-69-51-25-7-5-21-47(51)48-22-6-8-26-52(48)70(69)76-72)80-60-32-16-10-24-50(60)54-44-46(38-40-62(54)80)78-65-35-19-13-29-57(65)74(3,4)58-30-14-20-36-66(58)78/h5-44H,1-4H3. The van der Waals surface area contributed by atoms with Gasteiger partial charge in [-0.3, -0.25) is 0 Å². The molecule has 2 aliphatic heterocycles. The van der Waals surface area contributed by atoms with Crippen molar-refractivity contribution in [2.24, 2.45) is 0 Å². The molecule has 0 fully saturated rings. The molecule has 0 aliphatic carbocycles. The first-order valence-electron chi connectivity index (χ1n) is 27.8. The number of para-hydroxylation sites is 6. The molecule has 0 N–H and O–H groups in total. The molecule has 378 valence electrons. The van der Waals surface area contributed by atoms with Gasteiger partial charge in [0.25, 0.3) is 0 Å². The molecule has 0 saturated carbocycles. The smallest absolute Gasteiger partial charge is 0.116 e. The van der Waals surface area contributed by atoms with Crippen LogP contribution in [0.2, 0.25) is 0 Å². The molecule has 0 radical (unpaired) electrons. The molecular formula is C74H52N6. The van der Waals surface area contributed by atoms with Gasteiger partial charge < -0.3 is 18.9 Å². The molecule has 0 saturated heterocycles. The molecule has 0 atom stereocenters. The number of benzene rings is 12.